The van der Waals surface area contributed by atoms with E-state index < -0.39 is 0 Å². The van der Waals surface area contributed by atoms with Crippen molar-refractivity contribution in [3.05, 3.63) is 47.5 Å². The number of hydrogen-bond acceptors (Lipinski definition) is 4. The number of ether oxygens (including phenoxy) is 2. The first-order valence-electron chi connectivity index (χ1n) is 6.60. The van der Waals surface area contributed by atoms with Crippen LogP contribution in [0.25, 0.3) is 0 Å². The average molecular weight is 274 g/mol. The van der Waals surface area contributed by atoms with Crippen LogP contribution in [0.2, 0.25) is 0 Å². The number of hydrogen-bond donors (Lipinski definition) is 0. The summed E-state index contributed by atoms with van der Waals surface area (Å²) in [7, 11) is 1.36. The first-order valence-corrected chi connectivity index (χ1v) is 6.60. The molecule has 2 rings (SSSR count). The van der Waals surface area contributed by atoms with E-state index in [1.165, 1.54) is 7.11 Å². The van der Waals surface area contributed by atoms with Gasteiger partial charge in [0.05, 0.1) is 24.9 Å². The first-order chi connectivity index (χ1) is 9.60. The molecule has 0 radical (unpaired) electrons. The summed E-state index contributed by atoms with van der Waals surface area (Å²) in [5.41, 5.74) is 1.51. The molecule has 106 valence electrons. The van der Waals surface area contributed by atoms with E-state index in [1.807, 2.05) is 24.3 Å². The lowest BCUT2D eigenvalue weighted by atomic mass is 10.0. The number of carbonyl (C=O) groups is 2. The smallest absolute Gasteiger partial charge is 0.337 e. The molecule has 0 saturated heterocycles. The quantitative estimate of drug-likeness (QED) is 0.626. The molecule has 0 spiro atoms. The molecule has 0 N–H and O–H groups in total. The number of carbonyl (C=O) groups excluding carboxylic acids is 2. The minimum Gasteiger partial charge on any atom is -0.465 e. The number of esters is 1. The van der Waals surface area contributed by atoms with Crippen LogP contribution < -0.4 is 0 Å². The molecular weight excluding hydrogens is 256 g/mol. The van der Waals surface area contributed by atoms with Gasteiger partial charge in [0.2, 0.25) is 0 Å². The minimum absolute atomic E-state index is 0.0731. The Hall–Kier alpha value is -1.94. The van der Waals surface area contributed by atoms with Gasteiger partial charge < -0.3 is 9.47 Å². The van der Waals surface area contributed by atoms with Gasteiger partial charge in [0.25, 0.3) is 0 Å². The predicted molar refractivity (Wildman–Crippen MR) is 74.5 cm³/mol. The fourth-order valence-corrected chi connectivity index (χ4v) is 2.23. The fraction of sp³-hybridized carbons (Fsp3) is 0.375. The van der Waals surface area contributed by atoms with Crippen molar-refractivity contribution >= 4 is 11.8 Å². The Bertz CT molecular complexity index is 516. The molecule has 1 aliphatic rings. The lowest BCUT2D eigenvalue weighted by Gasteiger charge is -2.25. The SMILES string of the molecule is COC(=O)c1ccc([C@H]2CC=C[C@@H](CC(C)=O)O2)cc1. The topological polar surface area (TPSA) is 52.6 Å². The van der Waals surface area contributed by atoms with Crippen LogP contribution in [0, 0.1) is 0 Å². The maximum absolute atomic E-state index is 11.4. The van der Waals surface area contributed by atoms with E-state index >= 15 is 0 Å². The van der Waals surface area contributed by atoms with Gasteiger partial charge >= 0.3 is 5.97 Å². The van der Waals surface area contributed by atoms with Crippen molar-refractivity contribution in [3.8, 4) is 0 Å². The van der Waals surface area contributed by atoms with Crippen molar-refractivity contribution in [2.75, 3.05) is 7.11 Å². The highest BCUT2D eigenvalue weighted by Gasteiger charge is 2.21. The summed E-state index contributed by atoms with van der Waals surface area (Å²) >= 11 is 0. The number of methoxy groups -OCH3 is 1. The van der Waals surface area contributed by atoms with E-state index in [0.29, 0.717) is 12.0 Å². The molecule has 2 atom stereocenters. The zero-order valence-corrected chi connectivity index (χ0v) is 11.7. The van der Waals surface area contributed by atoms with Crippen molar-refractivity contribution in [1.29, 1.82) is 0 Å². The maximum atomic E-state index is 11.4. The van der Waals surface area contributed by atoms with Crippen molar-refractivity contribution in [3.63, 3.8) is 0 Å². The number of ketones is 1. The van der Waals surface area contributed by atoms with Gasteiger partial charge in [-0.2, -0.15) is 0 Å². The summed E-state index contributed by atoms with van der Waals surface area (Å²) in [5.74, 6) is -0.239. The van der Waals surface area contributed by atoms with E-state index in [0.717, 1.165) is 12.0 Å². The minimum atomic E-state index is -0.351. The Morgan fingerprint density at radius 2 is 2.00 bits per heavy atom. The fourth-order valence-electron chi connectivity index (χ4n) is 2.23. The van der Waals surface area contributed by atoms with Gasteiger partial charge in [-0.25, -0.2) is 4.79 Å². The standard InChI is InChI=1S/C16H18O4/c1-11(17)10-14-4-3-5-15(20-14)12-6-8-13(9-7-12)16(18)19-2/h3-4,6-9,14-15H,5,10H2,1-2H3/t14-,15+/m0/s1. The van der Waals surface area contributed by atoms with E-state index in [2.05, 4.69) is 4.74 Å². The second-order valence-corrected chi connectivity index (χ2v) is 4.85. The van der Waals surface area contributed by atoms with E-state index in [4.69, 9.17) is 4.74 Å². The normalized spacial score (nSPS) is 21.5. The highest BCUT2D eigenvalue weighted by molar-refractivity contribution is 5.89. The molecule has 0 aliphatic carbocycles. The molecule has 1 aromatic rings. The summed E-state index contributed by atoms with van der Waals surface area (Å²) < 4.78 is 10.5. The maximum Gasteiger partial charge on any atom is 0.337 e. The van der Waals surface area contributed by atoms with Crippen molar-refractivity contribution in [1.82, 2.24) is 0 Å². The van der Waals surface area contributed by atoms with Gasteiger partial charge in [-0.1, -0.05) is 24.3 Å². The number of rotatable bonds is 4. The molecule has 0 saturated carbocycles. The molecule has 1 aliphatic heterocycles. The van der Waals surface area contributed by atoms with Gasteiger partial charge in [0.1, 0.15) is 5.78 Å². The Labute approximate surface area is 118 Å². The van der Waals surface area contributed by atoms with Gasteiger partial charge in [-0.15, -0.1) is 0 Å². The molecule has 0 amide bonds. The first kappa shape index (κ1) is 14.5. The van der Waals surface area contributed by atoms with Crippen LogP contribution in [-0.2, 0) is 14.3 Å². The zero-order chi connectivity index (χ0) is 14.5. The summed E-state index contributed by atoms with van der Waals surface area (Å²) in [5, 5.41) is 0. The van der Waals surface area contributed by atoms with E-state index in [1.54, 1.807) is 19.1 Å². The van der Waals surface area contributed by atoms with Crippen LogP contribution in [0.5, 0.6) is 0 Å². The number of Topliss-reactive ketones (excluding diaryl/α,β-unsaturated/α-hetero) is 1. The zero-order valence-electron chi connectivity index (χ0n) is 11.7. The summed E-state index contributed by atoms with van der Waals surface area (Å²) in [6.45, 7) is 1.56. The second kappa shape index (κ2) is 6.48. The monoisotopic (exact) mass is 274 g/mol. The van der Waals surface area contributed by atoms with Crippen molar-refractivity contribution in [2.24, 2.45) is 0 Å². The average Bonchev–Trinajstić information content (AvgIpc) is 2.46. The highest BCUT2D eigenvalue weighted by Crippen LogP contribution is 2.28. The Kier molecular flexibility index (Phi) is 4.69. The summed E-state index contributed by atoms with van der Waals surface area (Å²) in [6, 6.07) is 7.17. The Morgan fingerprint density at radius 1 is 1.30 bits per heavy atom. The van der Waals surface area contributed by atoms with E-state index in [9.17, 15) is 9.59 Å². The van der Waals surface area contributed by atoms with Crippen molar-refractivity contribution < 1.29 is 19.1 Å². The molecule has 1 heterocycles. The van der Waals surface area contributed by atoms with Crippen molar-refractivity contribution in [2.45, 2.75) is 32.0 Å². The third-order valence-corrected chi connectivity index (χ3v) is 3.23. The number of benzene rings is 1. The Morgan fingerprint density at radius 3 is 2.60 bits per heavy atom. The Balaban J connectivity index is 2.06. The summed E-state index contributed by atoms with van der Waals surface area (Å²) in [4.78, 5) is 22.5. The van der Waals surface area contributed by atoms with Gasteiger partial charge in [-0.3, -0.25) is 4.79 Å². The van der Waals surface area contributed by atoms with Crippen LogP contribution in [0.3, 0.4) is 0 Å². The largest absolute Gasteiger partial charge is 0.465 e. The van der Waals surface area contributed by atoms with Crippen LogP contribution in [0.15, 0.2) is 36.4 Å². The lowest BCUT2D eigenvalue weighted by molar-refractivity contribution is -0.120. The molecule has 0 bridgehead atoms. The van der Waals surface area contributed by atoms with E-state index in [-0.39, 0.29) is 24.0 Å². The van der Waals surface area contributed by atoms with Gasteiger partial charge in [0, 0.05) is 6.42 Å². The molecule has 0 fully saturated rings. The van der Waals surface area contributed by atoms with Crippen LogP contribution in [-0.4, -0.2) is 25.0 Å². The molecular formula is C16H18O4. The third-order valence-electron chi connectivity index (χ3n) is 3.23. The predicted octanol–water partition coefficient (Wildman–Crippen LogP) is 2.84. The van der Waals surface area contributed by atoms with Crippen LogP contribution in [0.1, 0.15) is 41.8 Å². The third kappa shape index (κ3) is 3.54. The molecule has 0 unspecified atom stereocenters. The molecule has 4 heteroatoms. The molecule has 20 heavy (non-hydrogen) atoms. The lowest BCUT2D eigenvalue weighted by Crippen LogP contribution is -2.20. The molecule has 0 aromatic heterocycles. The molecule has 1 aromatic carbocycles. The molecule has 4 nitrogen and oxygen atoms in total. The van der Waals surface area contributed by atoms with Gasteiger partial charge in [0.15, 0.2) is 0 Å². The highest BCUT2D eigenvalue weighted by atomic mass is 16.5. The van der Waals surface area contributed by atoms with Gasteiger partial charge in [-0.05, 0) is 31.0 Å². The van der Waals surface area contributed by atoms with Crippen LogP contribution in [0.4, 0.5) is 0 Å². The summed E-state index contributed by atoms with van der Waals surface area (Å²) in [6.07, 6.45) is 4.90. The second-order valence-electron chi connectivity index (χ2n) is 4.85. The van der Waals surface area contributed by atoms with Crippen LogP contribution >= 0.6 is 0 Å².